The van der Waals surface area contributed by atoms with Crippen molar-refractivity contribution >= 4 is 0 Å². The molecule has 1 aliphatic heterocycles. The predicted molar refractivity (Wildman–Crippen MR) is 92.3 cm³/mol. The number of piperidine rings is 1. The van der Waals surface area contributed by atoms with Crippen molar-refractivity contribution in [2.75, 3.05) is 13.7 Å². The van der Waals surface area contributed by atoms with E-state index in [1.54, 1.807) is 0 Å². The number of methoxy groups -OCH3 is 1. The molecule has 0 unspecified atom stereocenters. The fraction of sp³-hybridized carbons (Fsp3) is 0.700. The minimum absolute atomic E-state index is 0.400. The van der Waals surface area contributed by atoms with Gasteiger partial charge in [-0.25, -0.2) is 0 Å². The zero-order valence-corrected chi connectivity index (χ0v) is 14.3. The number of rotatable bonds is 4. The van der Waals surface area contributed by atoms with Crippen LogP contribution in [0.2, 0.25) is 0 Å². The first kappa shape index (κ1) is 16.0. The van der Waals surface area contributed by atoms with E-state index >= 15 is 0 Å². The second-order valence-electron chi connectivity index (χ2n) is 7.20. The zero-order valence-electron chi connectivity index (χ0n) is 14.3. The van der Waals surface area contributed by atoms with Gasteiger partial charge in [0.1, 0.15) is 0 Å². The van der Waals surface area contributed by atoms with Crippen LogP contribution < -0.4 is 0 Å². The monoisotopic (exact) mass is 301 g/mol. The Balaban J connectivity index is 1.75. The average Bonchev–Trinajstić information content (AvgIpc) is 2.58. The summed E-state index contributed by atoms with van der Waals surface area (Å²) in [5, 5.41) is 0. The molecule has 0 radical (unpaired) electrons. The molecule has 2 fully saturated rings. The van der Waals surface area contributed by atoms with Gasteiger partial charge in [-0.15, -0.1) is 0 Å². The molecule has 1 aromatic carbocycles. The number of benzene rings is 1. The molecule has 0 N–H and O–H groups in total. The van der Waals surface area contributed by atoms with Gasteiger partial charge in [-0.2, -0.15) is 0 Å². The standard InChI is InChI=1S/C20H31NO/c1-16-10-12-17(13-11-16)15-19-20(22-2)9-6-14-21(19)18-7-4-3-5-8-18/h10-13,18-20H,3-9,14-15H2,1-2H3/t19-,20-/m0/s1. The van der Waals surface area contributed by atoms with Gasteiger partial charge in [-0.05, 0) is 51.1 Å². The lowest BCUT2D eigenvalue weighted by atomic mass is 9.87. The zero-order chi connectivity index (χ0) is 15.4. The van der Waals surface area contributed by atoms with Gasteiger partial charge in [-0.3, -0.25) is 4.90 Å². The molecule has 1 heterocycles. The maximum atomic E-state index is 5.88. The first-order valence-corrected chi connectivity index (χ1v) is 9.12. The molecule has 3 rings (SSSR count). The van der Waals surface area contributed by atoms with E-state index in [2.05, 4.69) is 36.1 Å². The van der Waals surface area contributed by atoms with Crippen molar-refractivity contribution in [3.8, 4) is 0 Å². The van der Waals surface area contributed by atoms with Crippen molar-refractivity contribution in [1.29, 1.82) is 0 Å². The van der Waals surface area contributed by atoms with E-state index in [1.807, 2.05) is 7.11 Å². The first-order valence-electron chi connectivity index (χ1n) is 9.12. The first-order chi connectivity index (χ1) is 10.8. The summed E-state index contributed by atoms with van der Waals surface area (Å²) >= 11 is 0. The fourth-order valence-electron chi connectivity index (χ4n) is 4.40. The van der Waals surface area contributed by atoms with Gasteiger partial charge >= 0.3 is 0 Å². The van der Waals surface area contributed by atoms with Gasteiger partial charge < -0.3 is 4.74 Å². The summed E-state index contributed by atoms with van der Waals surface area (Å²) in [7, 11) is 1.90. The van der Waals surface area contributed by atoms with Crippen LogP contribution in [0.25, 0.3) is 0 Å². The molecular weight excluding hydrogens is 270 g/mol. The third-order valence-corrected chi connectivity index (χ3v) is 5.67. The molecule has 1 saturated heterocycles. The average molecular weight is 301 g/mol. The Morgan fingerprint density at radius 3 is 2.41 bits per heavy atom. The van der Waals surface area contributed by atoms with Crippen molar-refractivity contribution in [3.05, 3.63) is 35.4 Å². The molecule has 0 spiro atoms. The minimum atomic E-state index is 0.400. The van der Waals surface area contributed by atoms with Gasteiger partial charge in [0, 0.05) is 19.2 Å². The maximum Gasteiger partial charge on any atom is 0.0730 e. The number of hydrogen-bond donors (Lipinski definition) is 0. The summed E-state index contributed by atoms with van der Waals surface area (Å²) in [4.78, 5) is 2.80. The lowest BCUT2D eigenvalue weighted by molar-refractivity contribution is -0.0422. The van der Waals surface area contributed by atoms with Crippen LogP contribution in [0.5, 0.6) is 0 Å². The molecule has 1 saturated carbocycles. The number of aryl methyl sites for hydroxylation is 1. The Hall–Kier alpha value is -0.860. The van der Waals surface area contributed by atoms with Crippen molar-refractivity contribution in [2.45, 2.75) is 76.5 Å². The highest BCUT2D eigenvalue weighted by Crippen LogP contribution is 2.31. The van der Waals surface area contributed by atoms with E-state index in [9.17, 15) is 0 Å². The molecular formula is C20H31NO. The van der Waals surface area contributed by atoms with Crippen LogP contribution in [-0.4, -0.2) is 36.7 Å². The molecule has 2 heteroatoms. The maximum absolute atomic E-state index is 5.88. The van der Waals surface area contributed by atoms with Crippen molar-refractivity contribution in [2.24, 2.45) is 0 Å². The van der Waals surface area contributed by atoms with Crippen LogP contribution in [0, 0.1) is 6.92 Å². The molecule has 22 heavy (non-hydrogen) atoms. The summed E-state index contributed by atoms with van der Waals surface area (Å²) in [6.45, 7) is 3.43. The molecule has 1 aliphatic carbocycles. The predicted octanol–water partition coefficient (Wildman–Crippen LogP) is 4.35. The summed E-state index contributed by atoms with van der Waals surface area (Å²) in [5.41, 5.74) is 2.81. The minimum Gasteiger partial charge on any atom is -0.380 e. The van der Waals surface area contributed by atoms with Crippen molar-refractivity contribution in [3.63, 3.8) is 0 Å². The van der Waals surface area contributed by atoms with Gasteiger partial charge in [0.2, 0.25) is 0 Å². The van der Waals surface area contributed by atoms with E-state index in [0.717, 1.165) is 12.5 Å². The Kier molecular flexibility index (Phi) is 5.54. The lowest BCUT2D eigenvalue weighted by Gasteiger charge is -2.46. The summed E-state index contributed by atoms with van der Waals surface area (Å²) in [6, 6.07) is 10.4. The van der Waals surface area contributed by atoms with Crippen molar-refractivity contribution < 1.29 is 4.74 Å². The Morgan fingerprint density at radius 2 is 1.73 bits per heavy atom. The molecule has 2 aliphatic rings. The van der Waals surface area contributed by atoms with E-state index in [4.69, 9.17) is 4.74 Å². The summed E-state index contributed by atoms with van der Waals surface area (Å²) in [6.07, 6.45) is 11.1. The van der Waals surface area contributed by atoms with Gasteiger partial charge in [0.25, 0.3) is 0 Å². The van der Waals surface area contributed by atoms with Gasteiger partial charge in [0.05, 0.1) is 6.10 Å². The summed E-state index contributed by atoms with van der Waals surface area (Å²) < 4.78 is 5.88. The molecule has 0 bridgehead atoms. The van der Waals surface area contributed by atoms with Gasteiger partial charge in [0.15, 0.2) is 0 Å². The van der Waals surface area contributed by atoms with Crippen LogP contribution in [0.1, 0.15) is 56.1 Å². The van der Waals surface area contributed by atoms with Crippen molar-refractivity contribution in [1.82, 2.24) is 4.90 Å². The second kappa shape index (κ2) is 7.61. The van der Waals surface area contributed by atoms with E-state index < -0.39 is 0 Å². The van der Waals surface area contributed by atoms with E-state index in [0.29, 0.717) is 12.1 Å². The van der Waals surface area contributed by atoms with Crippen LogP contribution in [-0.2, 0) is 11.2 Å². The van der Waals surface area contributed by atoms with E-state index in [1.165, 1.54) is 62.6 Å². The normalized spacial score (nSPS) is 27.9. The molecule has 1 aromatic rings. The molecule has 0 aromatic heterocycles. The second-order valence-corrected chi connectivity index (χ2v) is 7.20. The van der Waals surface area contributed by atoms with Crippen LogP contribution in [0.15, 0.2) is 24.3 Å². The number of nitrogens with zero attached hydrogens (tertiary/aromatic N) is 1. The highest BCUT2D eigenvalue weighted by Gasteiger charge is 2.35. The highest BCUT2D eigenvalue weighted by atomic mass is 16.5. The molecule has 2 nitrogen and oxygen atoms in total. The Morgan fingerprint density at radius 1 is 1.00 bits per heavy atom. The third-order valence-electron chi connectivity index (χ3n) is 5.67. The molecule has 0 amide bonds. The van der Waals surface area contributed by atoms with E-state index in [-0.39, 0.29) is 0 Å². The van der Waals surface area contributed by atoms with Crippen LogP contribution >= 0.6 is 0 Å². The fourth-order valence-corrected chi connectivity index (χ4v) is 4.40. The van der Waals surface area contributed by atoms with Crippen LogP contribution in [0.3, 0.4) is 0 Å². The quantitative estimate of drug-likeness (QED) is 0.820. The highest BCUT2D eigenvalue weighted by molar-refractivity contribution is 5.22. The summed E-state index contributed by atoms with van der Waals surface area (Å²) in [5.74, 6) is 0. The molecule has 122 valence electrons. The number of likely N-dealkylation sites (tertiary alicyclic amines) is 1. The number of ether oxygens (including phenoxy) is 1. The van der Waals surface area contributed by atoms with Gasteiger partial charge in [-0.1, -0.05) is 49.1 Å². The number of hydrogen-bond acceptors (Lipinski definition) is 2. The smallest absolute Gasteiger partial charge is 0.0730 e. The Labute approximate surface area is 135 Å². The topological polar surface area (TPSA) is 12.5 Å². The molecule has 2 atom stereocenters. The largest absolute Gasteiger partial charge is 0.380 e. The lowest BCUT2D eigenvalue weighted by Crippen LogP contribution is -2.54. The third kappa shape index (κ3) is 3.72. The van der Waals surface area contributed by atoms with Crippen LogP contribution in [0.4, 0.5) is 0 Å². The SMILES string of the molecule is CO[C@H]1CCCN(C2CCCCC2)[C@H]1Cc1ccc(C)cc1. The Bertz CT molecular complexity index is 449.